The largest absolute Gasteiger partial charge is 0.486 e. The minimum absolute atomic E-state index is 0.0203. The number of para-hydroxylation sites is 1. The van der Waals surface area contributed by atoms with Crippen LogP contribution in [0.4, 0.5) is 4.39 Å². The van der Waals surface area contributed by atoms with E-state index in [9.17, 15) is 17.6 Å². The molecule has 1 aliphatic rings. The van der Waals surface area contributed by atoms with Crippen molar-refractivity contribution in [3.63, 3.8) is 0 Å². The molecule has 108 valence electrons. The summed E-state index contributed by atoms with van der Waals surface area (Å²) in [7, 11) is -3.13. The molecule has 1 N–H and O–H groups in total. The average Bonchev–Trinajstić information content (AvgIpc) is 2.69. The molecule has 2 rings (SSSR count). The van der Waals surface area contributed by atoms with E-state index < -0.39 is 27.7 Å². The molecule has 1 fully saturated rings. The molecule has 1 unspecified atom stereocenters. The lowest BCUT2D eigenvalue weighted by atomic mass is 10.1. The fourth-order valence-electron chi connectivity index (χ4n) is 1.96. The number of hydrogen-bond donors (Lipinski definition) is 1. The van der Waals surface area contributed by atoms with Crippen LogP contribution >= 0.6 is 0 Å². The third kappa shape index (κ3) is 3.57. The summed E-state index contributed by atoms with van der Waals surface area (Å²) in [4.78, 5) is 10.5. The summed E-state index contributed by atoms with van der Waals surface area (Å²) in [6, 6.07) is 4.10. The summed E-state index contributed by atoms with van der Waals surface area (Å²) < 4.78 is 41.9. The van der Waals surface area contributed by atoms with Gasteiger partial charge in [0.2, 0.25) is 0 Å². The highest BCUT2D eigenvalue weighted by atomic mass is 32.2. The second-order valence-electron chi connectivity index (χ2n) is 4.47. The van der Waals surface area contributed by atoms with E-state index >= 15 is 0 Å². The van der Waals surface area contributed by atoms with Crippen molar-refractivity contribution in [2.45, 2.75) is 12.5 Å². The number of ether oxygens (including phenoxy) is 1. The first-order chi connectivity index (χ1) is 9.37. The summed E-state index contributed by atoms with van der Waals surface area (Å²) in [6.45, 7) is 0. The molecule has 0 saturated carbocycles. The number of aliphatic carboxylic acids is 1. The average molecular weight is 300 g/mol. The standard InChI is InChI=1S/C13H13FO5S/c14-11-3-1-2-9(4-5-12(15)16)13(11)19-10-6-7-20(17,18)8-10/h1-5,10H,6-8H2,(H,15,16)/b5-4+. The maximum absolute atomic E-state index is 13.8. The van der Waals surface area contributed by atoms with Crippen molar-refractivity contribution >= 4 is 21.9 Å². The van der Waals surface area contributed by atoms with E-state index in [1.807, 2.05) is 0 Å². The zero-order chi connectivity index (χ0) is 14.8. The molecular formula is C13H13FO5S. The predicted molar refractivity (Wildman–Crippen MR) is 70.8 cm³/mol. The molecule has 0 amide bonds. The highest BCUT2D eigenvalue weighted by Gasteiger charge is 2.30. The zero-order valence-electron chi connectivity index (χ0n) is 10.5. The van der Waals surface area contributed by atoms with Gasteiger partial charge >= 0.3 is 5.97 Å². The molecule has 1 aromatic carbocycles. The first-order valence-electron chi connectivity index (χ1n) is 5.94. The highest BCUT2D eigenvalue weighted by molar-refractivity contribution is 7.91. The van der Waals surface area contributed by atoms with E-state index in [0.29, 0.717) is 6.42 Å². The smallest absolute Gasteiger partial charge is 0.328 e. The summed E-state index contributed by atoms with van der Waals surface area (Å²) in [5, 5.41) is 8.59. The van der Waals surface area contributed by atoms with Gasteiger partial charge in [-0.2, -0.15) is 0 Å². The van der Waals surface area contributed by atoms with Crippen molar-refractivity contribution in [1.82, 2.24) is 0 Å². The van der Waals surface area contributed by atoms with Gasteiger partial charge in [0.1, 0.15) is 6.10 Å². The quantitative estimate of drug-likeness (QED) is 0.852. The Labute approximate surface area is 115 Å². The molecule has 0 aliphatic carbocycles. The van der Waals surface area contributed by atoms with Gasteiger partial charge in [0, 0.05) is 11.6 Å². The molecule has 20 heavy (non-hydrogen) atoms. The number of carboxylic acids is 1. The second kappa shape index (κ2) is 5.62. The lowest BCUT2D eigenvalue weighted by Crippen LogP contribution is -2.18. The first kappa shape index (κ1) is 14.5. The molecule has 0 spiro atoms. The van der Waals surface area contributed by atoms with E-state index in [2.05, 4.69) is 0 Å². The van der Waals surface area contributed by atoms with Crippen LogP contribution in [0.1, 0.15) is 12.0 Å². The highest BCUT2D eigenvalue weighted by Crippen LogP contribution is 2.27. The van der Waals surface area contributed by atoms with Gasteiger partial charge in [-0.15, -0.1) is 0 Å². The van der Waals surface area contributed by atoms with E-state index in [4.69, 9.17) is 9.84 Å². The summed E-state index contributed by atoms with van der Waals surface area (Å²) in [5.41, 5.74) is 0.261. The van der Waals surface area contributed by atoms with Gasteiger partial charge < -0.3 is 9.84 Å². The molecule has 1 heterocycles. The summed E-state index contributed by atoms with van der Waals surface area (Å²) in [5.74, 6) is -2.06. The zero-order valence-corrected chi connectivity index (χ0v) is 11.3. The van der Waals surface area contributed by atoms with Crippen LogP contribution in [0.25, 0.3) is 6.08 Å². The molecule has 1 aromatic rings. The fourth-order valence-corrected chi connectivity index (χ4v) is 3.55. The molecule has 1 saturated heterocycles. The number of carbonyl (C=O) groups is 1. The van der Waals surface area contributed by atoms with Gasteiger partial charge in [-0.25, -0.2) is 17.6 Å². The van der Waals surface area contributed by atoms with Crippen LogP contribution in [0.2, 0.25) is 0 Å². The van der Waals surface area contributed by atoms with Crippen LogP contribution in [0.3, 0.4) is 0 Å². The number of hydrogen-bond acceptors (Lipinski definition) is 4. The van der Waals surface area contributed by atoms with Crippen LogP contribution in [0, 0.1) is 5.82 Å². The monoisotopic (exact) mass is 300 g/mol. The minimum atomic E-state index is -3.13. The fraction of sp³-hybridized carbons (Fsp3) is 0.308. The van der Waals surface area contributed by atoms with E-state index in [-0.39, 0.29) is 22.8 Å². The van der Waals surface area contributed by atoms with Crippen molar-refractivity contribution in [2.24, 2.45) is 0 Å². The van der Waals surface area contributed by atoms with E-state index in [0.717, 1.165) is 6.08 Å². The Morgan fingerprint density at radius 2 is 2.20 bits per heavy atom. The Balaban J connectivity index is 2.24. The van der Waals surface area contributed by atoms with Crippen molar-refractivity contribution in [3.05, 3.63) is 35.7 Å². The summed E-state index contributed by atoms with van der Waals surface area (Å²) in [6.07, 6.45) is 1.78. The van der Waals surface area contributed by atoms with Crippen molar-refractivity contribution in [3.8, 4) is 5.75 Å². The molecular weight excluding hydrogens is 287 g/mol. The van der Waals surface area contributed by atoms with Gasteiger partial charge in [-0.3, -0.25) is 0 Å². The first-order valence-corrected chi connectivity index (χ1v) is 7.76. The maximum Gasteiger partial charge on any atom is 0.328 e. The van der Waals surface area contributed by atoms with Crippen molar-refractivity contribution in [2.75, 3.05) is 11.5 Å². The van der Waals surface area contributed by atoms with Crippen molar-refractivity contribution < 1.29 is 27.4 Å². The predicted octanol–water partition coefficient (Wildman–Crippen LogP) is 1.49. The third-order valence-electron chi connectivity index (χ3n) is 2.88. The number of carboxylic acid groups (broad SMARTS) is 1. The molecule has 5 nitrogen and oxygen atoms in total. The number of halogens is 1. The Kier molecular flexibility index (Phi) is 4.08. The van der Waals surface area contributed by atoms with Gasteiger partial charge in [0.15, 0.2) is 21.4 Å². The molecule has 0 radical (unpaired) electrons. The van der Waals surface area contributed by atoms with Crippen LogP contribution in [-0.4, -0.2) is 37.1 Å². The lowest BCUT2D eigenvalue weighted by molar-refractivity contribution is -0.131. The molecule has 0 bridgehead atoms. The lowest BCUT2D eigenvalue weighted by Gasteiger charge is -2.14. The third-order valence-corrected chi connectivity index (χ3v) is 4.62. The number of sulfone groups is 1. The molecule has 7 heteroatoms. The molecule has 1 aliphatic heterocycles. The van der Waals surface area contributed by atoms with Crippen LogP contribution in [0.5, 0.6) is 5.75 Å². The normalized spacial score (nSPS) is 21.1. The maximum atomic E-state index is 13.8. The SMILES string of the molecule is O=C(O)/C=C/c1cccc(F)c1OC1CCS(=O)(=O)C1. The van der Waals surface area contributed by atoms with Gasteiger partial charge in [0.05, 0.1) is 11.5 Å². The Morgan fingerprint density at radius 1 is 1.45 bits per heavy atom. The Morgan fingerprint density at radius 3 is 2.80 bits per heavy atom. The van der Waals surface area contributed by atoms with E-state index in [1.54, 1.807) is 0 Å². The Hall–Kier alpha value is -1.89. The Bertz CT molecular complexity index is 651. The van der Waals surface area contributed by atoms with Gasteiger partial charge in [-0.1, -0.05) is 12.1 Å². The molecule has 1 atom stereocenters. The minimum Gasteiger partial charge on any atom is -0.486 e. The van der Waals surface area contributed by atoms with Crippen LogP contribution in [0.15, 0.2) is 24.3 Å². The number of rotatable bonds is 4. The van der Waals surface area contributed by atoms with Crippen LogP contribution < -0.4 is 4.74 Å². The molecule has 0 aromatic heterocycles. The van der Waals surface area contributed by atoms with Gasteiger partial charge in [0.25, 0.3) is 0 Å². The second-order valence-corrected chi connectivity index (χ2v) is 6.70. The van der Waals surface area contributed by atoms with Crippen LogP contribution in [-0.2, 0) is 14.6 Å². The van der Waals surface area contributed by atoms with Crippen molar-refractivity contribution in [1.29, 1.82) is 0 Å². The summed E-state index contributed by atoms with van der Waals surface area (Å²) >= 11 is 0. The number of benzene rings is 1. The topological polar surface area (TPSA) is 80.7 Å². The van der Waals surface area contributed by atoms with Gasteiger partial charge in [-0.05, 0) is 18.6 Å². The van der Waals surface area contributed by atoms with E-state index in [1.165, 1.54) is 24.3 Å².